The predicted molar refractivity (Wildman–Crippen MR) is 32.0 cm³/mol. The van der Waals surface area contributed by atoms with Crippen LogP contribution >= 0.6 is 23.8 Å². The van der Waals surface area contributed by atoms with Crippen molar-refractivity contribution in [2.24, 2.45) is 0 Å². The van der Waals surface area contributed by atoms with Crippen molar-refractivity contribution < 1.29 is 78.0 Å². The number of hydrogen-bond acceptors (Lipinski definition) is 4. The van der Waals surface area contributed by atoms with Gasteiger partial charge in [-0.2, -0.15) is 0 Å². The molecule has 0 atom stereocenters. The molecule has 0 radical (unpaired) electrons. The Kier molecular flexibility index (Phi) is 18.6. The Labute approximate surface area is 118 Å². The van der Waals surface area contributed by atoms with Crippen LogP contribution in [0.25, 0.3) is 0 Å². The molecule has 0 heterocycles. The Hall–Kier alpha value is 2.59. The Morgan fingerprint density at radius 1 is 1.36 bits per heavy atom. The van der Waals surface area contributed by atoms with Crippen molar-refractivity contribution >= 4 is 23.8 Å². The molecule has 0 aliphatic carbocycles. The van der Waals surface area contributed by atoms with Crippen molar-refractivity contribution in [1.82, 2.24) is 0 Å². The monoisotopic (exact) mass is 262 g/mol. The molecule has 0 aromatic carbocycles. The van der Waals surface area contributed by atoms with Crippen molar-refractivity contribution in [2.75, 3.05) is 11.9 Å². The molecule has 0 N–H and O–H groups in total. The minimum atomic E-state index is -4.72. The quantitative estimate of drug-likeness (QED) is 0.219. The van der Waals surface area contributed by atoms with E-state index < -0.39 is 7.82 Å². The van der Waals surface area contributed by atoms with E-state index in [0.717, 1.165) is 0 Å². The zero-order chi connectivity index (χ0) is 7.33. The molecule has 0 aliphatic heterocycles. The third kappa shape index (κ3) is 19.1. The molecular formula is C3H6BrNa2O4P. The van der Waals surface area contributed by atoms with Gasteiger partial charge < -0.3 is 18.9 Å². The summed E-state index contributed by atoms with van der Waals surface area (Å²) in [6, 6.07) is 0. The van der Waals surface area contributed by atoms with Crippen LogP contribution in [0, 0.1) is 0 Å². The number of halogens is 1. The molecule has 0 spiro atoms. The maximum absolute atomic E-state index is 9.74. The first-order valence-corrected chi connectivity index (χ1v) is 4.87. The van der Waals surface area contributed by atoms with Crippen molar-refractivity contribution in [3.63, 3.8) is 0 Å². The molecule has 0 bridgehead atoms. The zero-order valence-corrected chi connectivity index (χ0v) is 13.1. The number of alkyl halides is 1. The van der Waals surface area contributed by atoms with Gasteiger partial charge in [-0.3, -0.25) is 0 Å². The van der Waals surface area contributed by atoms with Gasteiger partial charge in [-0.25, -0.2) is 0 Å². The summed E-state index contributed by atoms with van der Waals surface area (Å²) in [5, 5.41) is 0.632. The average molecular weight is 263 g/mol. The van der Waals surface area contributed by atoms with Crippen LogP contribution in [0.1, 0.15) is 6.42 Å². The van der Waals surface area contributed by atoms with Crippen LogP contribution in [0.4, 0.5) is 0 Å². The molecule has 11 heavy (non-hydrogen) atoms. The summed E-state index contributed by atoms with van der Waals surface area (Å²) in [6.45, 7) is -0.0322. The molecule has 8 heteroatoms. The van der Waals surface area contributed by atoms with E-state index in [1.54, 1.807) is 0 Å². The Morgan fingerprint density at radius 2 is 1.82 bits per heavy atom. The fraction of sp³-hybridized carbons (Fsp3) is 1.00. The van der Waals surface area contributed by atoms with Crippen LogP contribution in [0.3, 0.4) is 0 Å². The Balaban J connectivity index is -0.000000320. The molecule has 0 aromatic heterocycles. The molecule has 56 valence electrons. The van der Waals surface area contributed by atoms with Gasteiger partial charge in [0.15, 0.2) is 0 Å². The van der Waals surface area contributed by atoms with Crippen molar-refractivity contribution in [3.8, 4) is 0 Å². The van der Waals surface area contributed by atoms with E-state index >= 15 is 0 Å². The number of rotatable bonds is 4. The first-order chi connectivity index (χ1) is 4.06. The van der Waals surface area contributed by atoms with Gasteiger partial charge in [-0.1, -0.05) is 15.9 Å². The van der Waals surface area contributed by atoms with E-state index in [2.05, 4.69) is 20.5 Å². The minimum absolute atomic E-state index is 0. The summed E-state index contributed by atoms with van der Waals surface area (Å²) in [6.07, 6.45) is 0.522. The van der Waals surface area contributed by atoms with Gasteiger partial charge in [0.05, 0.1) is 14.4 Å². The first kappa shape index (κ1) is 19.2. The fourth-order valence-electron chi connectivity index (χ4n) is 0.231. The van der Waals surface area contributed by atoms with Crippen LogP contribution in [0.15, 0.2) is 0 Å². The predicted octanol–water partition coefficient (Wildman–Crippen LogP) is -6.38. The fourth-order valence-corrected chi connectivity index (χ4v) is 0.813. The van der Waals surface area contributed by atoms with Gasteiger partial charge in [0.25, 0.3) is 0 Å². The average Bonchev–Trinajstić information content (AvgIpc) is 1.63. The van der Waals surface area contributed by atoms with Crippen LogP contribution in [-0.4, -0.2) is 11.9 Å². The van der Waals surface area contributed by atoms with Crippen molar-refractivity contribution in [3.05, 3.63) is 0 Å². The third-order valence-electron chi connectivity index (χ3n) is 0.527. The Morgan fingerprint density at radius 3 is 2.09 bits per heavy atom. The van der Waals surface area contributed by atoms with E-state index in [4.69, 9.17) is 0 Å². The van der Waals surface area contributed by atoms with Gasteiger partial charge in [0.2, 0.25) is 0 Å². The zero-order valence-electron chi connectivity index (χ0n) is 6.58. The first-order valence-electron chi connectivity index (χ1n) is 2.29. The van der Waals surface area contributed by atoms with Crippen LogP contribution in [0.2, 0.25) is 0 Å². The SMILES string of the molecule is O=P([O-])([O-])OCCCBr.[Na+].[Na+]. The molecular weight excluding hydrogens is 257 g/mol. The van der Waals surface area contributed by atoms with E-state index in [1.807, 2.05) is 0 Å². The number of phosphoric acid groups is 1. The van der Waals surface area contributed by atoms with Crippen LogP contribution in [-0.2, 0) is 9.09 Å². The second-order valence-corrected chi connectivity index (χ2v) is 3.27. The molecule has 0 aromatic rings. The van der Waals surface area contributed by atoms with E-state index in [1.165, 1.54) is 0 Å². The van der Waals surface area contributed by atoms with Crippen molar-refractivity contribution in [1.29, 1.82) is 0 Å². The smallest absolute Gasteiger partial charge is 0.790 e. The van der Waals surface area contributed by atoms with Gasteiger partial charge in [0.1, 0.15) is 0 Å². The third-order valence-corrected chi connectivity index (χ3v) is 1.59. The maximum atomic E-state index is 9.74. The van der Waals surface area contributed by atoms with Crippen molar-refractivity contribution in [2.45, 2.75) is 6.42 Å². The largest absolute Gasteiger partial charge is 1.00 e. The van der Waals surface area contributed by atoms with Gasteiger partial charge in [0, 0.05) is 5.33 Å². The molecule has 0 saturated carbocycles. The van der Waals surface area contributed by atoms with Crippen LogP contribution < -0.4 is 68.9 Å². The van der Waals surface area contributed by atoms with E-state index in [0.29, 0.717) is 11.8 Å². The molecule has 0 saturated heterocycles. The number of hydrogen-bond donors (Lipinski definition) is 0. The molecule has 0 fully saturated rings. The molecule has 0 rings (SSSR count). The van der Waals surface area contributed by atoms with Gasteiger partial charge in [-0.05, 0) is 6.42 Å². The van der Waals surface area contributed by atoms with Crippen LogP contribution in [0.5, 0.6) is 0 Å². The summed E-state index contributed by atoms with van der Waals surface area (Å²) >= 11 is 3.04. The molecule has 0 aliphatic rings. The topological polar surface area (TPSA) is 72.4 Å². The van der Waals surface area contributed by atoms with Gasteiger partial charge >= 0.3 is 59.1 Å². The van der Waals surface area contributed by atoms with E-state index in [-0.39, 0.29) is 65.7 Å². The second kappa shape index (κ2) is 10.7. The molecule has 0 unspecified atom stereocenters. The summed E-state index contributed by atoms with van der Waals surface area (Å²) in [7, 11) is -4.72. The standard InChI is InChI=1S/C3H8BrO4P.2Na/c4-2-1-3-8-9(5,6)7;;/h1-3H2,(H2,5,6,7);;/q;2*+1/p-2. The van der Waals surface area contributed by atoms with E-state index in [9.17, 15) is 14.4 Å². The summed E-state index contributed by atoms with van der Waals surface area (Å²) in [5.74, 6) is 0. The number of phosphoric ester groups is 1. The molecule has 4 nitrogen and oxygen atoms in total. The summed E-state index contributed by atoms with van der Waals surface area (Å²) in [4.78, 5) is 19.5. The van der Waals surface area contributed by atoms with Gasteiger partial charge in [-0.15, -0.1) is 0 Å². The molecule has 0 amide bonds. The minimum Gasteiger partial charge on any atom is -0.790 e. The maximum Gasteiger partial charge on any atom is 1.00 e. The summed E-state index contributed by atoms with van der Waals surface area (Å²) < 4.78 is 13.6. The Bertz CT molecular complexity index is 118. The second-order valence-electron chi connectivity index (χ2n) is 1.32. The summed E-state index contributed by atoms with van der Waals surface area (Å²) in [5.41, 5.74) is 0. The normalized spacial score (nSPS) is 9.73.